The summed E-state index contributed by atoms with van der Waals surface area (Å²) in [7, 11) is -3.97. The molecular weight excluding hydrogens is 398 g/mol. The van der Waals surface area contributed by atoms with Gasteiger partial charge in [-0.25, -0.2) is 13.2 Å². The van der Waals surface area contributed by atoms with Gasteiger partial charge in [0.2, 0.25) is 10.0 Å². The normalized spacial score (nSPS) is 12.3. The van der Waals surface area contributed by atoms with Crippen LogP contribution in [0.5, 0.6) is 0 Å². The zero-order valence-corrected chi connectivity index (χ0v) is 16.7. The molecule has 0 bridgehead atoms. The molecule has 0 heterocycles. The fraction of sp³-hybridized carbons (Fsp3) is 0.438. The van der Waals surface area contributed by atoms with Gasteiger partial charge < -0.3 is 10.1 Å². The van der Waals surface area contributed by atoms with Crippen LogP contribution in [0.15, 0.2) is 29.2 Å². The number of carbonyl (C=O) groups excluding carboxylic acids is 3. The largest absolute Gasteiger partial charge is 0.454 e. The summed E-state index contributed by atoms with van der Waals surface area (Å²) in [6.07, 6.45) is 0. The lowest BCUT2D eigenvalue weighted by atomic mass is 10.2. The van der Waals surface area contributed by atoms with Gasteiger partial charge in [0.05, 0.1) is 4.90 Å². The number of hydrogen-bond donors (Lipinski definition) is 3. The van der Waals surface area contributed by atoms with Gasteiger partial charge in [-0.1, -0.05) is 25.4 Å². The van der Waals surface area contributed by atoms with Gasteiger partial charge >= 0.3 is 12.0 Å². The first-order chi connectivity index (χ1) is 12.5. The van der Waals surface area contributed by atoms with E-state index in [2.05, 4.69) is 10.0 Å². The van der Waals surface area contributed by atoms with E-state index in [0.717, 1.165) is 0 Å². The highest BCUT2D eigenvalue weighted by Crippen LogP contribution is 2.14. The Labute approximate surface area is 162 Å². The van der Waals surface area contributed by atoms with Gasteiger partial charge in [-0.05, 0) is 37.1 Å². The maximum Gasteiger partial charge on any atom is 0.324 e. The molecule has 0 fully saturated rings. The third-order valence-corrected chi connectivity index (χ3v) is 4.89. The van der Waals surface area contributed by atoms with Crippen molar-refractivity contribution in [3.05, 3.63) is 29.3 Å². The van der Waals surface area contributed by atoms with Gasteiger partial charge in [-0.3, -0.25) is 14.9 Å². The minimum absolute atomic E-state index is 0.0777. The molecule has 1 aromatic carbocycles. The molecule has 0 saturated heterocycles. The van der Waals surface area contributed by atoms with Crippen LogP contribution < -0.4 is 15.4 Å². The molecule has 0 aliphatic heterocycles. The molecule has 1 unspecified atom stereocenters. The van der Waals surface area contributed by atoms with Gasteiger partial charge in [0, 0.05) is 11.6 Å². The second kappa shape index (κ2) is 10.2. The van der Waals surface area contributed by atoms with Crippen LogP contribution in [0.1, 0.15) is 20.8 Å². The lowest BCUT2D eigenvalue weighted by Gasteiger charge is -2.14. The number of benzene rings is 1. The van der Waals surface area contributed by atoms with Crippen molar-refractivity contribution in [1.82, 2.24) is 15.4 Å². The Kier molecular flexibility index (Phi) is 8.67. The molecule has 0 radical (unpaired) electrons. The van der Waals surface area contributed by atoms with Crippen molar-refractivity contribution >= 4 is 39.5 Å². The summed E-state index contributed by atoms with van der Waals surface area (Å²) in [6, 6.07) is 3.41. The molecule has 0 aliphatic rings. The summed E-state index contributed by atoms with van der Waals surface area (Å²) in [5, 5.41) is 4.82. The van der Waals surface area contributed by atoms with E-state index < -0.39 is 40.6 Å². The Balaban J connectivity index is 2.48. The summed E-state index contributed by atoms with van der Waals surface area (Å²) in [6.45, 7) is 4.69. The van der Waals surface area contributed by atoms with Crippen LogP contribution in [0, 0.1) is 5.92 Å². The average Bonchev–Trinajstić information content (AvgIpc) is 2.57. The quantitative estimate of drug-likeness (QED) is 0.539. The van der Waals surface area contributed by atoms with Crippen molar-refractivity contribution in [3.8, 4) is 0 Å². The Morgan fingerprint density at radius 3 is 2.26 bits per heavy atom. The van der Waals surface area contributed by atoms with E-state index in [1.165, 1.54) is 31.2 Å². The van der Waals surface area contributed by atoms with E-state index >= 15 is 0 Å². The third-order valence-electron chi connectivity index (χ3n) is 3.08. The maximum atomic E-state index is 12.2. The maximum absolute atomic E-state index is 12.2. The molecule has 11 heteroatoms. The van der Waals surface area contributed by atoms with Crippen LogP contribution in [0.4, 0.5) is 4.79 Å². The van der Waals surface area contributed by atoms with Crippen LogP contribution in [0.3, 0.4) is 0 Å². The first-order valence-electron chi connectivity index (χ1n) is 8.03. The Morgan fingerprint density at radius 1 is 1.11 bits per heavy atom. The van der Waals surface area contributed by atoms with Crippen molar-refractivity contribution < 1.29 is 27.5 Å². The zero-order chi connectivity index (χ0) is 20.6. The highest BCUT2D eigenvalue weighted by Gasteiger charge is 2.24. The van der Waals surface area contributed by atoms with Crippen LogP contribution in [-0.4, -0.2) is 45.5 Å². The molecule has 0 aliphatic carbocycles. The van der Waals surface area contributed by atoms with Crippen LogP contribution >= 0.6 is 11.6 Å². The number of hydrogen-bond acceptors (Lipinski definition) is 6. The average molecular weight is 420 g/mol. The topological polar surface area (TPSA) is 131 Å². The SMILES string of the molecule is CC(C)CNC(=O)NC(=O)COC(=O)C(C)NS(=O)(=O)c1ccc(Cl)cc1. The summed E-state index contributed by atoms with van der Waals surface area (Å²) in [4.78, 5) is 34.8. The number of ether oxygens (including phenoxy) is 1. The monoisotopic (exact) mass is 419 g/mol. The zero-order valence-electron chi connectivity index (χ0n) is 15.1. The second-order valence-corrected chi connectivity index (χ2v) is 8.21. The minimum Gasteiger partial charge on any atom is -0.454 e. The number of nitrogens with one attached hydrogen (secondary N) is 3. The number of esters is 1. The lowest BCUT2D eigenvalue weighted by molar-refractivity contribution is -0.149. The Bertz CT molecular complexity index is 780. The van der Waals surface area contributed by atoms with Crippen molar-refractivity contribution in [2.75, 3.05) is 13.2 Å². The number of amides is 3. The number of urea groups is 1. The van der Waals surface area contributed by atoms with Gasteiger partial charge in [-0.15, -0.1) is 0 Å². The van der Waals surface area contributed by atoms with Gasteiger partial charge in [0.25, 0.3) is 5.91 Å². The number of sulfonamides is 1. The van der Waals surface area contributed by atoms with E-state index in [0.29, 0.717) is 11.6 Å². The molecule has 0 spiro atoms. The van der Waals surface area contributed by atoms with Crippen LogP contribution in [0.25, 0.3) is 0 Å². The molecule has 1 atom stereocenters. The molecular formula is C16H22ClN3O6S. The second-order valence-electron chi connectivity index (χ2n) is 6.06. The van der Waals surface area contributed by atoms with Crippen molar-refractivity contribution in [2.45, 2.75) is 31.7 Å². The first-order valence-corrected chi connectivity index (χ1v) is 9.89. The fourth-order valence-electron chi connectivity index (χ4n) is 1.73. The van der Waals surface area contributed by atoms with Gasteiger partial charge in [0.1, 0.15) is 6.04 Å². The molecule has 150 valence electrons. The number of carbonyl (C=O) groups is 3. The lowest BCUT2D eigenvalue weighted by Crippen LogP contribution is -2.44. The molecule has 1 aromatic rings. The highest BCUT2D eigenvalue weighted by atomic mass is 35.5. The summed E-state index contributed by atoms with van der Waals surface area (Å²) >= 11 is 5.70. The molecule has 27 heavy (non-hydrogen) atoms. The molecule has 1 rings (SSSR count). The van der Waals surface area contributed by atoms with E-state index in [1.54, 1.807) is 0 Å². The predicted molar refractivity (Wildman–Crippen MR) is 98.6 cm³/mol. The van der Waals surface area contributed by atoms with E-state index in [1.807, 2.05) is 19.2 Å². The molecule has 3 N–H and O–H groups in total. The van der Waals surface area contributed by atoms with E-state index in [9.17, 15) is 22.8 Å². The Hall–Kier alpha value is -2.17. The highest BCUT2D eigenvalue weighted by molar-refractivity contribution is 7.89. The first kappa shape index (κ1) is 22.9. The molecule has 3 amide bonds. The molecule has 0 saturated carbocycles. The summed E-state index contributed by atoms with van der Waals surface area (Å²) in [5.41, 5.74) is 0. The van der Waals surface area contributed by atoms with E-state index in [4.69, 9.17) is 16.3 Å². The number of halogens is 1. The van der Waals surface area contributed by atoms with E-state index in [-0.39, 0.29) is 10.8 Å². The number of rotatable bonds is 8. The van der Waals surface area contributed by atoms with Gasteiger partial charge in [-0.2, -0.15) is 4.72 Å². The van der Waals surface area contributed by atoms with Crippen molar-refractivity contribution in [1.29, 1.82) is 0 Å². The van der Waals surface area contributed by atoms with Crippen molar-refractivity contribution in [2.24, 2.45) is 5.92 Å². The van der Waals surface area contributed by atoms with Crippen LogP contribution in [0.2, 0.25) is 5.02 Å². The summed E-state index contributed by atoms with van der Waals surface area (Å²) in [5.74, 6) is -1.60. The van der Waals surface area contributed by atoms with Crippen molar-refractivity contribution in [3.63, 3.8) is 0 Å². The fourth-order valence-corrected chi connectivity index (χ4v) is 3.05. The standard InChI is InChI=1S/C16H22ClN3O6S/c1-10(2)8-18-16(23)19-14(21)9-26-15(22)11(3)20-27(24,25)13-6-4-12(17)5-7-13/h4-7,10-11,20H,8-9H2,1-3H3,(H2,18,19,21,23). The minimum atomic E-state index is -3.97. The van der Waals surface area contributed by atoms with Crippen LogP contribution in [-0.2, 0) is 24.3 Å². The number of imide groups is 1. The Morgan fingerprint density at radius 2 is 1.70 bits per heavy atom. The molecule has 9 nitrogen and oxygen atoms in total. The molecule has 0 aromatic heterocycles. The van der Waals surface area contributed by atoms with Gasteiger partial charge in [0.15, 0.2) is 6.61 Å². The third kappa shape index (κ3) is 8.37. The summed E-state index contributed by atoms with van der Waals surface area (Å²) < 4.78 is 31.2. The smallest absolute Gasteiger partial charge is 0.324 e. The predicted octanol–water partition coefficient (Wildman–Crippen LogP) is 1.03.